The van der Waals surface area contributed by atoms with E-state index in [1.54, 1.807) is 7.11 Å². The molecule has 0 aliphatic rings. The molecular weight excluding hydrogens is 380 g/mol. The summed E-state index contributed by atoms with van der Waals surface area (Å²) in [6.45, 7) is 8.19. The van der Waals surface area contributed by atoms with Crippen LogP contribution in [0.15, 0.2) is 35.1 Å². The Balaban J connectivity index is 1.83. The van der Waals surface area contributed by atoms with Crippen molar-refractivity contribution in [2.75, 3.05) is 12.4 Å². The van der Waals surface area contributed by atoms with E-state index in [-0.39, 0.29) is 6.04 Å². The summed E-state index contributed by atoms with van der Waals surface area (Å²) in [5.41, 5.74) is 5.84. The molecule has 0 fully saturated rings. The number of aryl methyl sites for hydroxylation is 3. The molecule has 0 radical (unpaired) electrons. The number of methoxy groups -OCH3 is 1. The number of nitrogens with one attached hydrogen (secondary N) is 1. The first-order valence-corrected chi connectivity index (χ1v) is 10.1. The smallest absolute Gasteiger partial charge is 0.248 e. The molecule has 0 spiro atoms. The second-order valence-electron chi connectivity index (χ2n) is 7.42. The SMILES string of the molecule is CCCC(Nc1cc(C)nc2c(-c3ccc(OC)cc3C)c(C)nn12)c1ncno1. The number of rotatable bonds is 7. The van der Waals surface area contributed by atoms with Crippen LogP contribution in [0.1, 0.15) is 48.6 Å². The van der Waals surface area contributed by atoms with Gasteiger partial charge in [-0.3, -0.25) is 0 Å². The average Bonchev–Trinajstić information content (AvgIpc) is 3.36. The summed E-state index contributed by atoms with van der Waals surface area (Å²) >= 11 is 0. The van der Waals surface area contributed by atoms with Crippen molar-refractivity contribution >= 4 is 11.5 Å². The van der Waals surface area contributed by atoms with Crippen molar-refractivity contribution in [1.29, 1.82) is 0 Å². The van der Waals surface area contributed by atoms with E-state index in [9.17, 15) is 0 Å². The van der Waals surface area contributed by atoms with Crippen LogP contribution in [0, 0.1) is 20.8 Å². The summed E-state index contributed by atoms with van der Waals surface area (Å²) in [5.74, 6) is 2.24. The number of nitrogens with zero attached hydrogens (tertiary/aromatic N) is 5. The molecule has 1 atom stereocenters. The predicted octanol–water partition coefficient (Wildman–Crippen LogP) is 4.67. The van der Waals surface area contributed by atoms with Gasteiger partial charge in [0, 0.05) is 17.3 Å². The van der Waals surface area contributed by atoms with Gasteiger partial charge in [0.25, 0.3) is 0 Å². The van der Waals surface area contributed by atoms with Crippen LogP contribution < -0.4 is 10.1 Å². The van der Waals surface area contributed by atoms with Gasteiger partial charge in [-0.1, -0.05) is 24.6 Å². The Hall–Kier alpha value is -3.42. The fourth-order valence-electron chi connectivity index (χ4n) is 3.77. The van der Waals surface area contributed by atoms with Crippen LogP contribution in [0.4, 0.5) is 5.82 Å². The normalized spacial score (nSPS) is 12.3. The lowest BCUT2D eigenvalue weighted by atomic mass is 10.0. The van der Waals surface area contributed by atoms with E-state index < -0.39 is 0 Å². The van der Waals surface area contributed by atoms with Crippen LogP contribution in [0.25, 0.3) is 16.8 Å². The van der Waals surface area contributed by atoms with Gasteiger partial charge in [-0.25, -0.2) is 4.98 Å². The molecule has 3 heterocycles. The average molecular weight is 406 g/mol. The maximum absolute atomic E-state index is 5.36. The van der Waals surface area contributed by atoms with Crippen molar-refractivity contribution in [2.45, 2.75) is 46.6 Å². The summed E-state index contributed by atoms with van der Waals surface area (Å²) in [6.07, 6.45) is 3.26. The second kappa shape index (κ2) is 8.14. The summed E-state index contributed by atoms with van der Waals surface area (Å²) in [7, 11) is 1.67. The van der Waals surface area contributed by atoms with Gasteiger partial charge in [0.05, 0.1) is 12.8 Å². The van der Waals surface area contributed by atoms with E-state index in [1.807, 2.05) is 36.6 Å². The number of hydrogen-bond donors (Lipinski definition) is 1. The number of anilines is 1. The van der Waals surface area contributed by atoms with Crippen LogP contribution >= 0.6 is 0 Å². The Bertz CT molecular complexity index is 1170. The molecule has 1 unspecified atom stereocenters. The Morgan fingerprint density at radius 3 is 2.70 bits per heavy atom. The van der Waals surface area contributed by atoms with Gasteiger partial charge in [0.1, 0.15) is 17.6 Å². The van der Waals surface area contributed by atoms with E-state index in [2.05, 4.69) is 35.4 Å². The summed E-state index contributed by atoms with van der Waals surface area (Å²) < 4.78 is 12.5. The number of fused-ring (bicyclic) bond motifs is 1. The van der Waals surface area contributed by atoms with Crippen molar-refractivity contribution in [1.82, 2.24) is 24.7 Å². The maximum Gasteiger partial charge on any atom is 0.248 e. The van der Waals surface area contributed by atoms with E-state index in [0.29, 0.717) is 5.89 Å². The third kappa shape index (κ3) is 3.60. The van der Waals surface area contributed by atoms with Crippen molar-refractivity contribution in [3.05, 3.63) is 53.4 Å². The van der Waals surface area contributed by atoms with Gasteiger partial charge >= 0.3 is 0 Å². The molecule has 30 heavy (non-hydrogen) atoms. The van der Waals surface area contributed by atoms with E-state index in [1.165, 1.54) is 6.33 Å². The van der Waals surface area contributed by atoms with Crippen LogP contribution in [0.2, 0.25) is 0 Å². The molecule has 4 aromatic rings. The molecule has 0 bridgehead atoms. The minimum Gasteiger partial charge on any atom is -0.497 e. The molecular formula is C22H26N6O2. The zero-order valence-electron chi connectivity index (χ0n) is 17.9. The third-order valence-electron chi connectivity index (χ3n) is 5.17. The zero-order chi connectivity index (χ0) is 21.3. The molecule has 3 aromatic heterocycles. The first-order chi connectivity index (χ1) is 14.5. The third-order valence-corrected chi connectivity index (χ3v) is 5.17. The van der Waals surface area contributed by atoms with E-state index >= 15 is 0 Å². The Morgan fingerprint density at radius 1 is 1.20 bits per heavy atom. The van der Waals surface area contributed by atoms with Gasteiger partial charge in [-0.05, 0) is 50.5 Å². The molecule has 1 N–H and O–H groups in total. The monoisotopic (exact) mass is 406 g/mol. The lowest BCUT2D eigenvalue weighted by Gasteiger charge is -2.17. The van der Waals surface area contributed by atoms with Crippen molar-refractivity contribution in [3.8, 4) is 16.9 Å². The number of benzene rings is 1. The van der Waals surface area contributed by atoms with Gasteiger partial charge in [-0.15, -0.1) is 0 Å². The van der Waals surface area contributed by atoms with Crippen LogP contribution in [0.3, 0.4) is 0 Å². The Labute approximate surface area is 175 Å². The lowest BCUT2D eigenvalue weighted by Crippen LogP contribution is -2.14. The minimum atomic E-state index is -0.0989. The van der Waals surface area contributed by atoms with Crippen molar-refractivity contribution in [3.63, 3.8) is 0 Å². The first-order valence-electron chi connectivity index (χ1n) is 10.1. The molecule has 0 aliphatic carbocycles. The fraction of sp³-hybridized carbons (Fsp3) is 0.364. The molecule has 156 valence electrons. The summed E-state index contributed by atoms with van der Waals surface area (Å²) in [4.78, 5) is 9.05. The van der Waals surface area contributed by atoms with Crippen LogP contribution in [-0.4, -0.2) is 31.8 Å². The maximum atomic E-state index is 5.36. The summed E-state index contributed by atoms with van der Waals surface area (Å²) in [5, 5.41) is 12.1. The molecule has 0 aliphatic heterocycles. The van der Waals surface area contributed by atoms with Gasteiger partial charge in [0.2, 0.25) is 5.89 Å². The summed E-state index contributed by atoms with van der Waals surface area (Å²) in [6, 6.07) is 7.95. The largest absolute Gasteiger partial charge is 0.497 e. The van der Waals surface area contributed by atoms with Gasteiger partial charge < -0.3 is 14.6 Å². The molecule has 0 saturated heterocycles. The number of hydrogen-bond acceptors (Lipinski definition) is 7. The standard InChI is InChI=1S/C22H26N6O2/c1-6-7-18(22-23-12-24-30-22)26-19-11-14(3)25-21-20(15(4)27-28(19)21)17-9-8-16(29-5)10-13(17)2/h8-12,18,26H,6-7H2,1-5H3. The zero-order valence-corrected chi connectivity index (χ0v) is 17.9. The van der Waals surface area contributed by atoms with Gasteiger partial charge in [0.15, 0.2) is 12.0 Å². The van der Waals surface area contributed by atoms with Crippen LogP contribution in [0.5, 0.6) is 5.75 Å². The Morgan fingerprint density at radius 2 is 2.03 bits per heavy atom. The fourth-order valence-corrected chi connectivity index (χ4v) is 3.77. The lowest BCUT2D eigenvalue weighted by molar-refractivity contribution is 0.354. The van der Waals surface area contributed by atoms with Crippen molar-refractivity contribution < 1.29 is 9.26 Å². The molecule has 0 amide bonds. The number of ether oxygens (including phenoxy) is 1. The molecule has 0 saturated carbocycles. The quantitative estimate of drug-likeness (QED) is 0.477. The highest BCUT2D eigenvalue weighted by molar-refractivity contribution is 5.83. The molecule has 1 aromatic carbocycles. The molecule has 8 nitrogen and oxygen atoms in total. The van der Waals surface area contributed by atoms with Crippen LogP contribution in [-0.2, 0) is 0 Å². The highest BCUT2D eigenvalue weighted by atomic mass is 16.5. The molecule has 8 heteroatoms. The minimum absolute atomic E-state index is 0.0989. The number of aromatic nitrogens is 5. The second-order valence-corrected chi connectivity index (χ2v) is 7.42. The predicted molar refractivity (Wildman–Crippen MR) is 115 cm³/mol. The highest BCUT2D eigenvalue weighted by Crippen LogP contribution is 2.34. The Kier molecular flexibility index (Phi) is 5.39. The molecule has 4 rings (SSSR count). The first kappa shape index (κ1) is 19.9. The highest BCUT2D eigenvalue weighted by Gasteiger charge is 2.21. The van der Waals surface area contributed by atoms with Crippen molar-refractivity contribution in [2.24, 2.45) is 0 Å². The topological polar surface area (TPSA) is 90.4 Å². The van der Waals surface area contributed by atoms with E-state index in [4.69, 9.17) is 19.3 Å². The van der Waals surface area contributed by atoms with Gasteiger partial charge in [-0.2, -0.15) is 14.6 Å². The van der Waals surface area contributed by atoms with E-state index in [0.717, 1.165) is 58.1 Å².